The topological polar surface area (TPSA) is 60.8 Å². The van der Waals surface area contributed by atoms with Crippen molar-refractivity contribution in [2.24, 2.45) is 0 Å². The first-order chi connectivity index (χ1) is 10.8. The van der Waals surface area contributed by atoms with Gasteiger partial charge in [0, 0.05) is 19.5 Å². The first-order valence-electron chi connectivity index (χ1n) is 7.79. The normalized spacial score (nSPS) is 12.8. The van der Waals surface area contributed by atoms with Crippen LogP contribution < -0.4 is 10.1 Å². The maximum Gasteiger partial charge on any atom is 0.221 e. The molecule has 0 bridgehead atoms. The van der Waals surface area contributed by atoms with Gasteiger partial charge in [-0.05, 0) is 23.6 Å². The summed E-state index contributed by atoms with van der Waals surface area (Å²) in [5.74, 6) is 0.519. The minimum atomic E-state index is -1.63. The number of ether oxygens (including phenoxy) is 3. The number of aliphatic hydroxyl groups is 1. The maximum absolute atomic E-state index is 9.35. The van der Waals surface area contributed by atoms with Crippen LogP contribution in [-0.4, -0.2) is 46.1 Å². The summed E-state index contributed by atoms with van der Waals surface area (Å²) in [6.07, 6.45) is 2.03. The second-order valence-corrected chi connectivity index (χ2v) is 11.3. The summed E-state index contributed by atoms with van der Waals surface area (Å²) in [5, 5.41) is 10.4. The zero-order valence-corrected chi connectivity index (χ0v) is 16.3. The lowest BCUT2D eigenvalue weighted by Gasteiger charge is -2.25. The number of hydrogen-bond donors (Lipinski definition) is 1. The number of methoxy groups -OCH3 is 3. The molecule has 0 aliphatic heterocycles. The lowest BCUT2D eigenvalue weighted by atomic mass is 9.98. The zero-order chi connectivity index (χ0) is 17.6. The number of aromatic nitrogens is 1. The van der Waals surface area contributed by atoms with E-state index in [-0.39, 0.29) is 6.61 Å². The minimum Gasteiger partial charge on any atom is -0.481 e. The SMILES string of the molecule is CCC(=CCO)c1cc([Si](C)(C)C)nc(OC)c1C(OC)OC. The average molecular weight is 340 g/mol. The van der Waals surface area contributed by atoms with Gasteiger partial charge in [0.2, 0.25) is 5.88 Å². The van der Waals surface area contributed by atoms with Gasteiger partial charge in [-0.2, -0.15) is 0 Å². The van der Waals surface area contributed by atoms with Crippen molar-refractivity contribution in [3.63, 3.8) is 0 Å². The Balaban J connectivity index is 3.73. The molecule has 1 rings (SSSR count). The van der Waals surface area contributed by atoms with E-state index in [1.807, 2.05) is 6.08 Å². The fourth-order valence-electron chi connectivity index (χ4n) is 2.45. The van der Waals surface area contributed by atoms with Crippen LogP contribution >= 0.6 is 0 Å². The standard InChI is InChI=1S/C17H29NO4Si/c1-8-12(9-10-19)13-11-14(23(5,6)7)18-16(20-2)15(13)17(21-3)22-4/h9,11,17,19H,8,10H2,1-7H3. The summed E-state index contributed by atoms with van der Waals surface area (Å²) in [6.45, 7) is 8.76. The van der Waals surface area contributed by atoms with E-state index in [0.717, 1.165) is 28.4 Å². The van der Waals surface area contributed by atoms with Crippen molar-refractivity contribution >= 4 is 19.0 Å². The Kier molecular flexibility index (Phi) is 7.40. The summed E-state index contributed by atoms with van der Waals surface area (Å²) in [7, 11) is 3.15. The fraction of sp³-hybridized carbons (Fsp3) is 0.588. The molecule has 1 N–H and O–H groups in total. The van der Waals surface area contributed by atoms with E-state index in [1.54, 1.807) is 21.3 Å². The highest BCUT2D eigenvalue weighted by molar-refractivity contribution is 6.88. The van der Waals surface area contributed by atoms with Crippen molar-refractivity contribution in [1.29, 1.82) is 0 Å². The van der Waals surface area contributed by atoms with Crippen LogP contribution in [0.15, 0.2) is 12.1 Å². The molecule has 0 aliphatic rings. The Hall–Kier alpha value is -1.21. The number of nitrogens with zero attached hydrogens (tertiary/aromatic N) is 1. The molecule has 0 unspecified atom stereocenters. The zero-order valence-electron chi connectivity index (χ0n) is 15.3. The Morgan fingerprint density at radius 3 is 2.26 bits per heavy atom. The highest BCUT2D eigenvalue weighted by Gasteiger charge is 2.27. The molecule has 1 aromatic rings. The summed E-state index contributed by atoms with van der Waals surface area (Å²) < 4.78 is 16.4. The van der Waals surface area contributed by atoms with Gasteiger partial charge in [0.15, 0.2) is 6.29 Å². The van der Waals surface area contributed by atoms with Crippen LogP contribution in [0.2, 0.25) is 19.6 Å². The van der Waals surface area contributed by atoms with Gasteiger partial charge >= 0.3 is 0 Å². The molecule has 6 heteroatoms. The molecule has 0 amide bonds. The second-order valence-electron chi connectivity index (χ2n) is 6.30. The van der Waals surface area contributed by atoms with E-state index in [9.17, 15) is 5.11 Å². The van der Waals surface area contributed by atoms with Crippen LogP contribution in [0.25, 0.3) is 5.57 Å². The number of hydrogen-bond acceptors (Lipinski definition) is 5. The van der Waals surface area contributed by atoms with Gasteiger partial charge < -0.3 is 19.3 Å². The van der Waals surface area contributed by atoms with Gasteiger partial charge in [0.05, 0.1) is 19.3 Å². The van der Waals surface area contributed by atoms with Crippen molar-refractivity contribution in [2.75, 3.05) is 27.9 Å². The van der Waals surface area contributed by atoms with E-state index in [1.165, 1.54) is 0 Å². The third-order valence-electron chi connectivity index (χ3n) is 3.71. The number of pyridine rings is 1. The molecular weight excluding hydrogens is 310 g/mol. The predicted molar refractivity (Wildman–Crippen MR) is 95.9 cm³/mol. The maximum atomic E-state index is 9.35. The quantitative estimate of drug-likeness (QED) is 0.583. The molecule has 5 nitrogen and oxygen atoms in total. The molecule has 0 saturated carbocycles. The van der Waals surface area contributed by atoms with Crippen molar-refractivity contribution in [3.8, 4) is 5.88 Å². The van der Waals surface area contributed by atoms with E-state index in [2.05, 4.69) is 32.6 Å². The van der Waals surface area contributed by atoms with Crippen LogP contribution in [0.3, 0.4) is 0 Å². The Morgan fingerprint density at radius 2 is 1.87 bits per heavy atom. The molecule has 130 valence electrons. The van der Waals surface area contributed by atoms with Gasteiger partial charge in [0.25, 0.3) is 0 Å². The van der Waals surface area contributed by atoms with Crippen LogP contribution in [0.1, 0.15) is 30.8 Å². The van der Waals surface area contributed by atoms with Crippen LogP contribution in [-0.2, 0) is 9.47 Å². The molecule has 1 aromatic heterocycles. The smallest absolute Gasteiger partial charge is 0.221 e. The van der Waals surface area contributed by atoms with Gasteiger partial charge in [0.1, 0.15) is 8.07 Å². The van der Waals surface area contributed by atoms with Crippen molar-refractivity contribution < 1.29 is 19.3 Å². The highest BCUT2D eigenvalue weighted by atomic mass is 28.3. The van der Waals surface area contributed by atoms with Gasteiger partial charge in [-0.15, -0.1) is 0 Å². The van der Waals surface area contributed by atoms with Gasteiger partial charge in [-0.1, -0.05) is 32.6 Å². The molecule has 0 aliphatic carbocycles. The predicted octanol–water partition coefficient (Wildman–Crippen LogP) is 2.71. The molecule has 23 heavy (non-hydrogen) atoms. The molecule has 0 fully saturated rings. The van der Waals surface area contributed by atoms with E-state index in [4.69, 9.17) is 19.2 Å². The first kappa shape index (κ1) is 19.8. The van der Waals surface area contributed by atoms with Crippen LogP contribution in [0.4, 0.5) is 0 Å². The minimum absolute atomic E-state index is 0.0137. The summed E-state index contributed by atoms with van der Waals surface area (Å²) in [6, 6.07) is 2.10. The average Bonchev–Trinajstić information content (AvgIpc) is 2.52. The summed E-state index contributed by atoms with van der Waals surface area (Å²) in [4.78, 5) is 4.71. The third kappa shape index (κ3) is 4.63. The Labute approximate surface area is 140 Å². The molecule has 0 saturated heterocycles. The highest BCUT2D eigenvalue weighted by Crippen LogP contribution is 2.34. The van der Waals surface area contributed by atoms with Gasteiger partial charge in [-0.25, -0.2) is 4.98 Å². The van der Waals surface area contributed by atoms with Crippen LogP contribution in [0.5, 0.6) is 5.88 Å². The largest absolute Gasteiger partial charge is 0.481 e. The number of rotatable bonds is 8. The van der Waals surface area contributed by atoms with Crippen molar-refractivity contribution in [3.05, 3.63) is 23.3 Å². The monoisotopic (exact) mass is 339 g/mol. The molecule has 0 radical (unpaired) electrons. The summed E-state index contributed by atoms with van der Waals surface area (Å²) in [5.41, 5.74) is 2.77. The number of aliphatic hydroxyl groups excluding tert-OH is 1. The summed E-state index contributed by atoms with van der Waals surface area (Å²) >= 11 is 0. The van der Waals surface area contributed by atoms with E-state index >= 15 is 0 Å². The molecule has 0 atom stereocenters. The third-order valence-corrected chi connectivity index (χ3v) is 5.51. The molecule has 0 aromatic carbocycles. The van der Waals surface area contributed by atoms with Crippen molar-refractivity contribution in [1.82, 2.24) is 4.98 Å². The van der Waals surface area contributed by atoms with Gasteiger partial charge in [-0.3, -0.25) is 0 Å². The number of allylic oxidation sites excluding steroid dienone is 1. The fourth-order valence-corrected chi connectivity index (χ4v) is 3.47. The van der Waals surface area contributed by atoms with Crippen LogP contribution in [0, 0.1) is 0 Å². The van der Waals surface area contributed by atoms with E-state index in [0.29, 0.717) is 5.88 Å². The first-order valence-corrected chi connectivity index (χ1v) is 11.3. The molecule has 0 spiro atoms. The Bertz CT molecular complexity index is 548. The van der Waals surface area contributed by atoms with E-state index < -0.39 is 14.4 Å². The molecule has 1 heterocycles. The van der Waals surface area contributed by atoms with Crippen molar-refractivity contribution in [2.45, 2.75) is 39.3 Å². The second kappa shape index (κ2) is 8.59. The molecular formula is C17H29NO4Si. The lowest BCUT2D eigenvalue weighted by molar-refractivity contribution is -0.107. The Morgan fingerprint density at radius 1 is 1.26 bits per heavy atom. The lowest BCUT2D eigenvalue weighted by Crippen LogP contribution is -2.40.